The molecule has 3 aromatic heterocycles. The fourth-order valence-electron chi connectivity index (χ4n) is 4.48. The molecule has 3 N–H and O–H groups in total. The molecule has 4 nitrogen and oxygen atoms in total. The van der Waals surface area contributed by atoms with E-state index in [1.54, 1.807) is 0 Å². The Balaban J connectivity index is 1.59. The lowest BCUT2D eigenvalue weighted by Crippen LogP contribution is -2.14. The molecule has 0 unspecified atom stereocenters. The highest BCUT2D eigenvalue weighted by Crippen LogP contribution is 2.37. The van der Waals surface area contributed by atoms with Gasteiger partial charge in [-0.1, -0.05) is 54.6 Å². The summed E-state index contributed by atoms with van der Waals surface area (Å²) in [5.74, 6) is -0.369. The monoisotopic (exact) mass is 389 g/mol. The van der Waals surface area contributed by atoms with E-state index in [1.807, 2.05) is 79.1 Å². The van der Waals surface area contributed by atoms with Crippen molar-refractivity contribution in [3.63, 3.8) is 0 Å². The van der Waals surface area contributed by atoms with Crippen molar-refractivity contribution in [2.75, 3.05) is 0 Å². The minimum absolute atomic E-state index is 0.0562. The molecule has 0 radical (unpaired) electrons. The summed E-state index contributed by atoms with van der Waals surface area (Å²) in [4.78, 5) is 23.9. The Kier molecular flexibility index (Phi) is 3.65. The number of ketones is 1. The summed E-state index contributed by atoms with van der Waals surface area (Å²) in [7, 11) is 0. The van der Waals surface area contributed by atoms with Gasteiger partial charge in [0.15, 0.2) is 5.78 Å². The predicted molar refractivity (Wildman–Crippen MR) is 121 cm³/mol. The fourth-order valence-corrected chi connectivity index (χ4v) is 4.48. The first kappa shape index (κ1) is 16.9. The summed E-state index contributed by atoms with van der Waals surface area (Å²) >= 11 is 0. The fraction of sp³-hybridized carbons (Fsp3) is 0.0385. The molecular weight excluding hydrogens is 370 g/mol. The van der Waals surface area contributed by atoms with Gasteiger partial charge >= 0.3 is 0 Å². The molecule has 0 bridgehead atoms. The number of aromatic nitrogens is 3. The largest absolute Gasteiger partial charge is 0.361 e. The maximum Gasteiger partial charge on any atom is 0.191 e. The highest BCUT2D eigenvalue weighted by atomic mass is 16.1. The Hall–Kier alpha value is -4.05. The van der Waals surface area contributed by atoms with Crippen LogP contribution in [0.25, 0.3) is 32.7 Å². The van der Waals surface area contributed by atoms with Crippen molar-refractivity contribution in [1.29, 1.82) is 0 Å². The summed E-state index contributed by atoms with van der Waals surface area (Å²) < 4.78 is 0. The van der Waals surface area contributed by atoms with Gasteiger partial charge in [-0.2, -0.15) is 0 Å². The zero-order valence-corrected chi connectivity index (χ0v) is 16.1. The lowest BCUT2D eigenvalue weighted by molar-refractivity contribution is 0.0970. The minimum Gasteiger partial charge on any atom is -0.361 e. The van der Waals surface area contributed by atoms with Crippen LogP contribution in [0, 0.1) is 0 Å². The molecule has 30 heavy (non-hydrogen) atoms. The maximum absolute atomic E-state index is 13.9. The van der Waals surface area contributed by atoms with Crippen LogP contribution in [0.4, 0.5) is 0 Å². The molecule has 0 spiro atoms. The van der Waals surface area contributed by atoms with Crippen molar-refractivity contribution < 1.29 is 4.79 Å². The first-order chi connectivity index (χ1) is 14.8. The van der Waals surface area contributed by atoms with Gasteiger partial charge in [0.05, 0.1) is 11.6 Å². The number of benzene rings is 3. The van der Waals surface area contributed by atoms with Crippen molar-refractivity contribution in [1.82, 2.24) is 15.0 Å². The molecule has 3 aromatic carbocycles. The van der Waals surface area contributed by atoms with E-state index in [-0.39, 0.29) is 5.78 Å². The first-order valence-corrected chi connectivity index (χ1v) is 10.0. The van der Waals surface area contributed by atoms with E-state index < -0.39 is 5.92 Å². The number of nitrogens with one attached hydrogen (secondary N) is 3. The number of hydrogen-bond donors (Lipinski definition) is 3. The average molecular weight is 389 g/mol. The van der Waals surface area contributed by atoms with E-state index in [1.165, 1.54) is 0 Å². The van der Waals surface area contributed by atoms with Gasteiger partial charge in [0.1, 0.15) is 0 Å². The van der Waals surface area contributed by atoms with Crippen LogP contribution in [0.1, 0.15) is 27.5 Å². The van der Waals surface area contributed by atoms with Crippen molar-refractivity contribution in [3.8, 4) is 0 Å². The Morgan fingerprint density at radius 1 is 0.667 bits per heavy atom. The standard InChI is InChI=1S/C26H19N3O/c30-26(24-13-16-7-1-4-10-21(16)29-24)25(19-14-27-22-11-5-2-8-17(19)22)20-15-28-23-12-6-3-9-18(20)23/h1-15,25,27-29H. The van der Waals surface area contributed by atoms with Gasteiger partial charge in [0.25, 0.3) is 0 Å². The topological polar surface area (TPSA) is 64.4 Å². The van der Waals surface area contributed by atoms with Crippen molar-refractivity contribution in [3.05, 3.63) is 108 Å². The van der Waals surface area contributed by atoms with E-state index in [0.29, 0.717) is 5.69 Å². The van der Waals surface area contributed by atoms with Gasteiger partial charge in [-0.05, 0) is 35.4 Å². The average Bonchev–Trinajstić information content (AvgIpc) is 3.51. The normalized spacial score (nSPS) is 11.8. The van der Waals surface area contributed by atoms with Crippen LogP contribution >= 0.6 is 0 Å². The SMILES string of the molecule is O=C(c1cc2ccccc2[nH]1)C(c1c[nH]c2ccccc12)c1c[nH]c2ccccc12. The molecule has 0 amide bonds. The molecule has 0 aliphatic heterocycles. The highest BCUT2D eigenvalue weighted by molar-refractivity contribution is 6.08. The third kappa shape index (κ3) is 2.51. The number of carbonyl (C=O) groups excluding carboxylic acids is 1. The highest BCUT2D eigenvalue weighted by Gasteiger charge is 2.29. The smallest absolute Gasteiger partial charge is 0.191 e. The molecule has 4 heteroatoms. The van der Waals surface area contributed by atoms with Crippen molar-refractivity contribution >= 4 is 38.5 Å². The van der Waals surface area contributed by atoms with Crippen molar-refractivity contribution in [2.24, 2.45) is 0 Å². The molecule has 0 saturated carbocycles. The van der Waals surface area contributed by atoms with Crippen LogP contribution in [0.2, 0.25) is 0 Å². The van der Waals surface area contributed by atoms with Gasteiger partial charge in [0, 0.05) is 45.1 Å². The summed E-state index contributed by atoms with van der Waals surface area (Å²) in [6.45, 7) is 0. The zero-order chi connectivity index (χ0) is 20.1. The van der Waals surface area contributed by atoms with E-state index in [4.69, 9.17) is 0 Å². The predicted octanol–water partition coefficient (Wildman–Crippen LogP) is 6.15. The third-order valence-corrected chi connectivity index (χ3v) is 5.92. The van der Waals surface area contributed by atoms with E-state index in [2.05, 4.69) is 27.1 Å². The summed E-state index contributed by atoms with van der Waals surface area (Å²) in [6.07, 6.45) is 3.94. The Morgan fingerprint density at radius 2 is 1.20 bits per heavy atom. The molecule has 0 saturated heterocycles. The Morgan fingerprint density at radius 3 is 1.80 bits per heavy atom. The molecule has 6 aromatic rings. The second-order valence-corrected chi connectivity index (χ2v) is 7.65. The quantitative estimate of drug-likeness (QED) is 0.311. The van der Waals surface area contributed by atoms with Crippen LogP contribution in [-0.4, -0.2) is 20.7 Å². The molecule has 6 rings (SSSR count). The van der Waals surface area contributed by atoms with Gasteiger partial charge in [-0.3, -0.25) is 4.79 Å². The molecule has 0 atom stereocenters. The van der Waals surface area contributed by atoms with Gasteiger partial charge in [-0.15, -0.1) is 0 Å². The van der Waals surface area contributed by atoms with Gasteiger partial charge in [-0.25, -0.2) is 0 Å². The second kappa shape index (κ2) is 6.49. The maximum atomic E-state index is 13.9. The second-order valence-electron chi connectivity index (χ2n) is 7.65. The van der Waals surface area contributed by atoms with E-state index in [0.717, 1.165) is 43.8 Å². The third-order valence-electron chi connectivity index (χ3n) is 5.92. The van der Waals surface area contributed by atoms with Crippen LogP contribution in [0.5, 0.6) is 0 Å². The molecule has 0 aliphatic carbocycles. The Bertz CT molecular complexity index is 1420. The molecule has 0 aliphatic rings. The molecule has 0 fully saturated rings. The van der Waals surface area contributed by atoms with E-state index >= 15 is 0 Å². The number of para-hydroxylation sites is 3. The first-order valence-electron chi connectivity index (χ1n) is 10.0. The minimum atomic E-state index is -0.426. The lowest BCUT2D eigenvalue weighted by Gasteiger charge is -2.15. The van der Waals surface area contributed by atoms with Crippen molar-refractivity contribution in [2.45, 2.75) is 5.92 Å². The number of aromatic amines is 3. The zero-order valence-electron chi connectivity index (χ0n) is 16.1. The number of hydrogen-bond acceptors (Lipinski definition) is 1. The molecular formula is C26H19N3O. The number of fused-ring (bicyclic) bond motifs is 3. The number of carbonyl (C=O) groups is 1. The molecule has 144 valence electrons. The summed E-state index contributed by atoms with van der Waals surface area (Å²) in [6, 6.07) is 26.2. The van der Waals surface area contributed by atoms with Crippen LogP contribution in [0.3, 0.4) is 0 Å². The van der Waals surface area contributed by atoms with Crippen LogP contribution < -0.4 is 0 Å². The summed E-state index contributed by atoms with van der Waals surface area (Å²) in [5, 5.41) is 3.17. The van der Waals surface area contributed by atoms with Gasteiger partial charge < -0.3 is 15.0 Å². The molecule has 3 heterocycles. The summed E-state index contributed by atoms with van der Waals surface area (Å²) in [5.41, 5.74) is 5.62. The van der Waals surface area contributed by atoms with Crippen LogP contribution in [0.15, 0.2) is 91.3 Å². The lowest BCUT2D eigenvalue weighted by atomic mass is 9.86. The number of rotatable bonds is 4. The van der Waals surface area contributed by atoms with Crippen LogP contribution in [-0.2, 0) is 0 Å². The Labute approximate surface area is 172 Å². The number of H-pyrrole nitrogens is 3. The van der Waals surface area contributed by atoms with E-state index in [9.17, 15) is 4.79 Å². The number of Topliss-reactive ketones (excluding diaryl/α,β-unsaturated/α-hetero) is 1. The van der Waals surface area contributed by atoms with Gasteiger partial charge in [0.2, 0.25) is 0 Å².